The minimum atomic E-state index is 0.0808. The molecule has 1 aliphatic carbocycles. The van der Waals surface area contributed by atoms with Crippen molar-refractivity contribution < 1.29 is 5.11 Å². The Morgan fingerprint density at radius 1 is 1.44 bits per heavy atom. The fraction of sp³-hybridized carbons (Fsp3) is 0.571. The summed E-state index contributed by atoms with van der Waals surface area (Å²) in [5, 5.41) is 18.3. The minimum Gasteiger partial charge on any atom is -0.395 e. The van der Waals surface area contributed by atoms with Crippen LogP contribution in [0.5, 0.6) is 0 Å². The van der Waals surface area contributed by atoms with E-state index in [1.807, 2.05) is 17.9 Å². The Morgan fingerprint density at radius 3 is 2.89 bits per heavy atom. The third-order valence-electron chi connectivity index (χ3n) is 3.45. The molecule has 0 saturated heterocycles. The van der Waals surface area contributed by atoms with E-state index in [-0.39, 0.29) is 6.61 Å². The van der Waals surface area contributed by atoms with E-state index in [0.717, 1.165) is 30.9 Å². The molecule has 0 spiro atoms. The highest BCUT2D eigenvalue weighted by Gasteiger charge is 2.18. The molecule has 0 amide bonds. The summed E-state index contributed by atoms with van der Waals surface area (Å²) in [7, 11) is 0. The summed E-state index contributed by atoms with van der Waals surface area (Å²) in [4.78, 5) is 6.63. The van der Waals surface area contributed by atoms with E-state index in [4.69, 9.17) is 5.11 Å². The zero-order valence-corrected chi connectivity index (χ0v) is 10.8. The van der Waals surface area contributed by atoms with Crippen molar-refractivity contribution in [1.82, 2.24) is 4.98 Å². The summed E-state index contributed by atoms with van der Waals surface area (Å²) < 4.78 is 0. The zero-order valence-electron chi connectivity index (χ0n) is 10.8. The second kappa shape index (κ2) is 5.83. The second-order valence-corrected chi connectivity index (χ2v) is 4.59. The lowest BCUT2D eigenvalue weighted by molar-refractivity contribution is 0.302. The van der Waals surface area contributed by atoms with Crippen molar-refractivity contribution in [3.8, 4) is 6.07 Å². The SMILES string of the molecule is CCN(CCO)c1nc2c(cc1C#N)CCCC2. The number of fused-ring (bicyclic) bond motifs is 1. The third-order valence-corrected chi connectivity index (χ3v) is 3.45. The summed E-state index contributed by atoms with van der Waals surface area (Å²) in [6, 6.07) is 4.22. The number of hydrogen-bond acceptors (Lipinski definition) is 4. The van der Waals surface area contributed by atoms with Crippen LogP contribution in [0.15, 0.2) is 6.07 Å². The maximum atomic E-state index is 9.25. The molecule has 0 unspecified atom stereocenters. The number of pyridine rings is 1. The molecule has 0 bridgehead atoms. The van der Waals surface area contributed by atoms with Gasteiger partial charge in [-0.15, -0.1) is 0 Å². The van der Waals surface area contributed by atoms with Gasteiger partial charge in [0.1, 0.15) is 11.9 Å². The first-order valence-corrected chi connectivity index (χ1v) is 6.58. The highest BCUT2D eigenvalue weighted by Crippen LogP contribution is 2.26. The van der Waals surface area contributed by atoms with Gasteiger partial charge in [-0.1, -0.05) is 0 Å². The molecule has 2 rings (SSSR count). The Balaban J connectivity index is 2.42. The molecule has 4 heteroatoms. The molecule has 1 aliphatic rings. The lowest BCUT2D eigenvalue weighted by Crippen LogP contribution is -2.28. The van der Waals surface area contributed by atoms with Crippen LogP contribution in [0.2, 0.25) is 0 Å². The normalized spacial score (nSPS) is 13.8. The third kappa shape index (κ3) is 2.46. The fourth-order valence-corrected chi connectivity index (χ4v) is 2.48. The van der Waals surface area contributed by atoms with Crippen LogP contribution in [0.1, 0.15) is 36.6 Å². The number of nitrogens with zero attached hydrogens (tertiary/aromatic N) is 3. The van der Waals surface area contributed by atoms with Gasteiger partial charge in [-0.05, 0) is 44.2 Å². The maximum Gasteiger partial charge on any atom is 0.146 e. The molecule has 0 atom stereocenters. The van der Waals surface area contributed by atoms with E-state index in [1.54, 1.807) is 0 Å². The number of hydrogen-bond donors (Lipinski definition) is 1. The lowest BCUT2D eigenvalue weighted by atomic mass is 9.95. The van der Waals surface area contributed by atoms with Crippen LogP contribution in [0, 0.1) is 11.3 Å². The topological polar surface area (TPSA) is 60.1 Å². The van der Waals surface area contributed by atoms with Gasteiger partial charge in [0.2, 0.25) is 0 Å². The van der Waals surface area contributed by atoms with Gasteiger partial charge in [0.15, 0.2) is 0 Å². The van der Waals surface area contributed by atoms with E-state index >= 15 is 0 Å². The Morgan fingerprint density at radius 2 is 2.22 bits per heavy atom. The number of aliphatic hydroxyl groups excluding tert-OH is 1. The van der Waals surface area contributed by atoms with Crippen molar-refractivity contribution in [2.24, 2.45) is 0 Å². The van der Waals surface area contributed by atoms with Crippen molar-refractivity contribution in [1.29, 1.82) is 5.26 Å². The van der Waals surface area contributed by atoms with Gasteiger partial charge in [0, 0.05) is 18.8 Å². The molecule has 1 aromatic rings. The van der Waals surface area contributed by atoms with Crippen molar-refractivity contribution in [2.45, 2.75) is 32.6 Å². The second-order valence-electron chi connectivity index (χ2n) is 4.59. The van der Waals surface area contributed by atoms with Crippen LogP contribution < -0.4 is 4.90 Å². The van der Waals surface area contributed by atoms with Gasteiger partial charge in [0.25, 0.3) is 0 Å². The van der Waals surface area contributed by atoms with Crippen molar-refractivity contribution in [3.05, 3.63) is 22.9 Å². The highest BCUT2D eigenvalue weighted by atomic mass is 16.3. The highest BCUT2D eigenvalue weighted by molar-refractivity contribution is 5.56. The molecule has 96 valence electrons. The summed E-state index contributed by atoms with van der Waals surface area (Å²) in [5.74, 6) is 0.731. The van der Waals surface area contributed by atoms with E-state index in [0.29, 0.717) is 12.1 Å². The van der Waals surface area contributed by atoms with Gasteiger partial charge in [0.05, 0.1) is 12.2 Å². The first-order valence-electron chi connectivity index (χ1n) is 6.58. The summed E-state index contributed by atoms with van der Waals surface area (Å²) >= 11 is 0. The number of likely N-dealkylation sites (N-methyl/N-ethyl adjacent to an activating group) is 1. The molecule has 0 aromatic carbocycles. The molecule has 1 aromatic heterocycles. The average Bonchev–Trinajstić information content (AvgIpc) is 2.43. The number of anilines is 1. The summed E-state index contributed by atoms with van der Waals surface area (Å²) in [6.07, 6.45) is 4.40. The molecule has 0 aliphatic heterocycles. The van der Waals surface area contributed by atoms with Gasteiger partial charge in [-0.25, -0.2) is 4.98 Å². The lowest BCUT2D eigenvalue weighted by Gasteiger charge is -2.24. The molecule has 0 fully saturated rings. The van der Waals surface area contributed by atoms with Crippen LogP contribution in [0.25, 0.3) is 0 Å². The number of nitriles is 1. The molecule has 1 heterocycles. The average molecular weight is 245 g/mol. The van der Waals surface area contributed by atoms with Gasteiger partial charge in [-0.2, -0.15) is 5.26 Å². The van der Waals surface area contributed by atoms with Crippen LogP contribution >= 0.6 is 0 Å². The Bertz CT molecular complexity index is 465. The first kappa shape index (κ1) is 12.8. The smallest absolute Gasteiger partial charge is 0.146 e. The molecular formula is C14H19N3O. The predicted octanol–water partition coefficient (Wildman–Crippen LogP) is 1.65. The van der Waals surface area contributed by atoms with Crippen LogP contribution in [-0.2, 0) is 12.8 Å². The minimum absolute atomic E-state index is 0.0808. The van der Waals surface area contributed by atoms with Crippen molar-refractivity contribution >= 4 is 5.82 Å². The standard InChI is InChI=1S/C14H19N3O/c1-2-17(7-8-18)14-12(10-15)9-11-5-3-4-6-13(11)16-14/h9,18H,2-8H2,1H3. The molecule has 0 saturated carbocycles. The largest absolute Gasteiger partial charge is 0.395 e. The van der Waals surface area contributed by atoms with E-state index < -0.39 is 0 Å². The zero-order chi connectivity index (χ0) is 13.0. The van der Waals surface area contributed by atoms with Crippen molar-refractivity contribution in [2.75, 3.05) is 24.6 Å². The van der Waals surface area contributed by atoms with Crippen molar-refractivity contribution in [3.63, 3.8) is 0 Å². The number of aryl methyl sites for hydroxylation is 2. The molecule has 4 nitrogen and oxygen atoms in total. The van der Waals surface area contributed by atoms with E-state index in [9.17, 15) is 5.26 Å². The fourth-order valence-electron chi connectivity index (χ4n) is 2.48. The molecule has 0 radical (unpaired) electrons. The Labute approximate surface area is 108 Å². The molecule has 1 N–H and O–H groups in total. The molecule has 18 heavy (non-hydrogen) atoms. The first-order chi connectivity index (χ1) is 8.80. The van der Waals surface area contributed by atoms with Gasteiger partial charge in [-0.3, -0.25) is 0 Å². The number of aliphatic hydroxyl groups is 1. The predicted molar refractivity (Wildman–Crippen MR) is 70.6 cm³/mol. The van der Waals surface area contributed by atoms with Gasteiger partial charge >= 0.3 is 0 Å². The van der Waals surface area contributed by atoms with E-state index in [1.165, 1.54) is 18.4 Å². The molecular weight excluding hydrogens is 226 g/mol. The van der Waals surface area contributed by atoms with Gasteiger partial charge < -0.3 is 10.0 Å². The maximum absolute atomic E-state index is 9.25. The van der Waals surface area contributed by atoms with Crippen LogP contribution in [0.3, 0.4) is 0 Å². The monoisotopic (exact) mass is 245 g/mol. The summed E-state index contributed by atoms with van der Waals surface area (Å²) in [5.41, 5.74) is 2.99. The van der Waals surface area contributed by atoms with E-state index in [2.05, 4.69) is 11.1 Å². The summed E-state index contributed by atoms with van der Waals surface area (Å²) in [6.45, 7) is 3.37. The van der Waals surface area contributed by atoms with Crippen LogP contribution in [-0.4, -0.2) is 29.8 Å². The number of rotatable bonds is 4. The Hall–Kier alpha value is -1.60. The Kier molecular flexibility index (Phi) is 4.16. The van der Waals surface area contributed by atoms with Crippen LogP contribution in [0.4, 0.5) is 5.82 Å². The quantitative estimate of drug-likeness (QED) is 0.876. The number of aromatic nitrogens is 1.